The minimum atomic E-state index is -0.00958. The van der Waals surface area contributed by atoms with E-state index in [1.807, 2.05) is 24.4 Å². The largest absolute Gasteiger partial charge is 0.492 e. The maximum absolute atomic E-state index is 12.8. The molecule has 1 saturated carbocycles. The van der Waals surface area contributed by atoms with E-state index >= 15 is 0 Å². The number of nitrogens with zero attached hydrogens (tertiary/aromatic N) is 2. The van der Waals surface area contributed by atoms with E-state index in [4.69, 9.17) is 4.74 Å². The molecular weight excluding hydrogens is 338 g/mol. The van der Waals surface area contributed by atoms with Gasteiger partial charge < -0.3 is 14.6 Å². The van der Waals surface area contributed by atoms with Gasteiger partial charge in [-0.25, -0.2) is 4.98 Å². The summed E-state index contributed by atoms with van der Waals surface area (Å²) in [6, 6.07) is 12.8. The summed E-state index contributed by atoms with van der Waals surface area (Å²) in [5, 5.41) is 3.23. The number of para-hydroxylation sites is 1. The lowest BCUT2D eigenvalue weighted by molar-refractivity contribution is 0.0919. The summed E-state index contributed by atoms with van der Waals surface area (Å²) < 4.78 is 7.97. The van der Waals surface area contributed by atoms with Gasteiger partial charge in [0.15, 0.2) is 0 Å². The number of amides is 1. The number of hydrogen-bond acceptors (Lipinski definition) is 3. The van der Waals surface area contributed by atoms with Crippen molar-refractivity contribution in [3.63, 3.8) is 0 Å². The Hall–Kier alpha value is -2.82. The number of rotatable bonds is 3. The van der Waals surface area contributed by atoms with E-state index in [-0.39, 0.29) is 11.9 Å². The molecule has 5 nitrogen and oxygen atoms in total. The quantitative estimate of drug-likeness (QED) is 0.771. The van der Waals surface area contributed by atoms with Crippen LogP contribution >= 0.6 is 0 Å². The first kappa shape index (κ1) is 16.4. The van der Waals surface area contributed by atoms with Crippen LogP contribution in [0.5, 0.6) is 5.75 Å². The van der Waals surface area contributed by atoms with Crippen molar-refractivity contribution in [2.45, 2.75) is 44.2 Å². The smallest absolute Gasteiger partial charge is 0.255 e. The second-order valence-electron chi connectivity index (χ2n) is 7.51. The van der Waals surface area contributed by atoms with Crippen LogP contribution in [0, 0.1) is 0 Å². The Kier molecular flexibility index (Phi) is 4.07. The zero-order valence-corrected chi connectivity index (χ0v) is 15.2. The lowest BCUT2D eigenvalue weighted by atomic mass is 9.90. The van der Waals surface area contributed by atoms with Crippen LogP contribution in [-0.4, -0.2) is 28.1 Å². The van der Waals surface area contributed by atoms with Crippen molar-refractivity contribution in [1.82, 2.24) is 14.9 Å². The number of fused-ring (bicyclic) bond motifs is 2. The van der Waals surface area contributed by atoms with Gasteiger partial charge in [0.05, 0.1) is 12.2 Å². The van der Waals surface area contributed by atoms with Gasteiger partial charge in [-0.05, 0) is 55.5 Å². The zero-order chi connectivity index (χ0) is 18.2. The molecule has 4 aliphatic rings. The molecule has 5 rings (SSSR count). The fourth-order valence-corrected chi connectivity index (χ4v) is 4.44. The highest BCUT2D eigenvalue weighted by molar-refractivity contribution is 5.97. The molecule has 3 aliphatic heterocycles. The Labute approximate surface area is 158 Å². The summed E-state index contributed by atoms with van der Waals surface area (Å²) in [6.07, 6.45) is 8.94. The highest BCUT2D eigenvalue weighted by Crippen LogP contribution is 2.33. The van der Waals surface area contributed by atoms with E-state index < -0.39 is 0 Å². The third kappa shape index (κ3) is 2.97. The lowest BCUT2D eigenvalue weighted by Crippen LogP contribution is -2.38. The Bertz CT molecular complexity index is 940. The van der Waals surface area contributed by atoms with Crippen LogP contribution in [0.2, 0.25) is 0 Å². The van der Waals surface area contributed by atoms with Gasteiger partial charge in [0.1, 0.15) is 11.6 Å². The Morgan fingerprint density at radius 1 is 1.11 bits per heavy atom. The van der Waals surface area contributed by atoms with Crippen LogP contribution in [0.25, 0.3) is 11.4 Å². The third-order valence-electron chi connectivity index (χ3n) is 5.86. The third-order valence-corrected chi connectivity index (χ3v) is 5.86. The molecule has 0 atom stereocenters. The molecule has 0 aromatic heterocycles. The maximum atomic E-state index is 12.8. The fourth-order valence-electron chi connectivity index (χ4n) is 4.44. The van der Waals surface area contributed by atoms with E-state index in [0.717, 1.165) is 49.2 Å². The van der Waals surface area contributed by atoms with E-state index in [0.29, 0.717) is 18.2 Å². The number of pyridine rings is 1. The first-order valence-electron chi connectivity index (χ1n) is 9.77. The van der Waals surface area contributed by atoms with Crippen molar-refractivity contribution in [3.8, 4) is 17.1 Å². The van der Waals surface area contributed by atoms with Crippen molar-refractivity contribution in [2.24, 2.45) is 0 Å². The van der Waals surface area contributed by atoms with Crippen molar-refractivity contribution in [2.75, 3.05) is 6.61 Å². The molecule has 1 amide bonds. The van der Waals surface area contributed by atoms with Crippen LogP contribution in [0.15, 0.2) is 48.8 Å². The van der Waals surface area contributed by atoms with Crippen molar-refractivity contribution in [1.29, 1.82) is 0 Å². The first-order chi connectivity index (χ1) is 13.3. The Morgan fingerprint density at radius 3 is 2.89 bits per heavy atom. The summed E-state index contributed by atoms with van der Waals surface area (Å²) in [7, 11) is 0. The molecular formula is C22H23N3O2. The number of nitrogens with one attached hydrogen (secondary N) is 1. The monoisotopic (exact) mass is 361 g/mol. The molecule has 1 N–H and O–H groups in total. The molecule has 1 aromatic rings. The van der Waals surface area contributed by atoms with Crippen LogP contribution < -0.4 is 10.1 Å². The van der Waals surface area contributed by atoms with Gasteiger partial charge in [0.2, 0.25) is 0 Å². The number of benzene rings is 1. The van der Waals surface area contributed by atoms with E-state index in [2.05, 4.69) is 39.3 Å². The summed E-state index contributed by atoms with van der Waals surface area (Å²) in [4.78, 5) is 17.3. The summed E-state index contributed by atoms with van der Waals surface area (Å²) in [6.45, 7) is 0.670. The molecule has 0 unspecified atom stereocenters. The number of hydrogen-bond donors (Lipinski definition) is 1. The van der Waals surface area contributed by atoms with Gasteiger partial charge in [0.25, 0.3) is 5.91 Å². The second kappa shape index (κ2) is 6.72. The Balaban J connectivity index is 1.25. The number of carbonyl (C=O) groups excluding carboxylic acids is 1. The molecule has 1 fully saturated rings. The summed E-state index contributed by atoms with van der Waals surface area (Å²) >= 11 is 0. The second-order valence-corrected chi connectivity index (χ2v) is 7.51. The molecule has 0 radical (unpaired) electrons. The molecule has 5 heteroatoms. The van der Waals surface area contributed by atoms with Crippen LogP contribution in [0.1, 0.15) is 47.6 Å². The van der Waals surface area contributed by atoms with Crippen molar-refractivity contribution < 1.29 is 9.53 Å². The Morgan fingerprint density at radius 2 is 2.00 bits per heavy atom. The SMILES string of the molecule is O=C(NC1CCC(n2cccc3ccnc2-3)CC1)c1cccc2c1OCC2. The van der Waals surface area contributed by atoms with Crippen LogP contribution in [-0.2, 0) is 6.42 Å². The molecule has 0 spiro atoms. The predicted molar refractivity (Wildman–Crippen MR) is 103 cm³/mol. The van der Waals surface area contributed by atoms with Gasteiger partial charge >= 0.3 is 0 Å². The van der Waals surface area contributed by atoms with Crippen molar-refractivity contribution in [3.05, 3.63) is 59.9 Å². The topological polar surface area (TPSA) is 56.2 Å². The van der Waals surface area contributed by atoms with E-state index in [1.54, 1.807) is 0 Å². The summed E-state index contributed by atoms with van der Waals surface area (Å²) in [5.41, 5.74) is 3.00. The van der Waals surface area contributed by atoms with Gasteiger partial charge in [-0.1, -0.05) is 12.1 Å². The number of aromatic nitrogens is 2. The molecule has 0 bridgehead atoms. The number of ether oxygens (including phenoxy) is 1. The standard InChI is InChI=1S/C22H23N3O2/c26-22(19-5-1-3-15-11-14-27-20(15)19)24-17-6-8-18(9-7-17)25-13-2-4-16-10-12-23-21(16)25/h1-5,10,12-13,17-18H,6-9,11,14H2,(H,24,26). The highest BCUT2D eigenvalue weighted by Gasteiger charge is 2.27. The zero-order valence-electron chi connectivity index (χ0n) is 15.2. The minimum Gasteiger partial charge on any atom is -0.492 e. The molecule has 0 saturated heterocycles. The van der Waals surface area contributed by atoms with Crippen LogP contribution in [0.3, 0.4) is 0 Å². The lowest BCUT2D eigenvalue weighted by Gasteiger charge is -2.31. The normalized spacial score (nSPS) is 21.6. The van der Waals surface area contributed by atoms with Gasteiger partial charge in [-0.15, -0.1) is 0 Å². The molecule has 1 aliphatic carbocycles. The molecule has 27 heavy (non-hydrogen) atoms. The fraction of sp³-hybridized carbons (Fsp3) is 0.364. The van der Waals surface area contributed by atoms with Crippen molar-refractivity contribution >= 4 is 5.91 Å². The summed E-state index contributed by atoms with van der Waals surface area (Å²) in [5.74, 6) is 1.82. The van der Waals surface area contributed by atoms with E-state index in [9.17, 15) is 4.79 Å². The molecule has 1 aromatic carbocycles. The maximum Gasteiger partial charge on any atom is 0.255 e. The van der Waals surface area contributed by atoms with Gasteiger partial charge in [-0.2, -0.15) is 0 Å². The van der Waals surface area contributed by atoms with E-state index in [1.165, 1.54) is 5.56 Å². The first-order valence-corrected chi connectivity index (χ1v) is 9.77. The number of carbonyl (C=O) groups is 1. The average Bonchev–Trinajstić information content (AvgIpc) is 3.37. The van der Waals surface area contributed by atoms with Gasteiger partial charge in [-0.3, -0.25) is 4.79 Å². The molecule has 138 valence electrons. The van der Waals surface area contributed by atoms with Crippen LogP contribution in [0.4, 0.5) is 0 Å². The predicted octanol–water partition coefficient (Wildman–Crippen LogP) is 3.84. The minimum absolute atomic E-state index is 0.00958. The average molecular weight is 361 g/mol. The highest BCUT2D eigenvalue weighted by atomic mass is 16.5. The van der Waals surface area contributed by atoms with Gasteiger partial charge in [0, 0.05) is 36.5 Å². The molecule has 3 heterocycles.